The van der Waals surface area contributed by atoms with E-state index in [-0.39, 0.29) is 12.2 Å². The fourth-order valence-electron chi connectivity index (χ4n) is 3.51. The van der Waals surface area contributed by atoms with Gasteiger partial charge in [0.2, 0.25) is 0 Å². The zero-order valence-corrected chi connectivity index (χ0v) is 14.3. The lowest BCUT2D eigenvalue weighted by molar-refractivity contribution is -0.129. The molecule has 0 amide bonds. The number of ether oxygens (including phenoxy) is 1. The third kappa shape index (κ3) is 2.50. The zero-order chi connectivity index (χ0) is 18.3. The molecule has 0 aliphatic carbocycles. The van der Waals surface area contributed by atoms with Crippen LogP contribution in [-0.4, -0.2) is 21.1 Å². The summed E-state index contributed by atoms with van der Waals surface area (Å²) < 4.78 is 6.45. The molecule has 4 rings (SSSR count). The highest BCUT2D eigenvalue weighted by Crippen LogP contribution is 2.34. The van der Waals surface area contributed by atoms with Crippen molar-refractivity contribution in [2.75, 3.05) is 0 Å². The molecular weight excluding hydrogens is 332 g/mol. The third-order valence-corrected chi connectivity index (χ3v) is 4.85. The van der Waals surface area contributed by atoms with Gasteiger partial charge in [0.15, 0.2) is 0 Å². The summed E-state index contributed by atoms with van der Waals surface area (Å²) in [6.07, 6.45) is -0.349. The average Bonchev–Trinajstić information content (AvgIpc) is 3.02. The van der Waals surface area contributed by atoms with E-state index in [1.165, 1.54) is 0 Å². The minimum atomic E-state index is -0.802. The number of benzene rings is 1. The molecule has 2 aromatic heterocycles. The van der Waals surface area contributed by atoms with Crippen LogP contribution >= 0.6 is 0 Å². The Labute approximate surface area is 149 Å². The number of carbonyl (C=O) groups is 1. The minimum Gasteiger partial charge on any atom is -0.463 e. The molecule has 0 fully saturated rings. The van der Waals surface area contributed by atoms with Crippen molar-refractivity contribution in [3.8, 4) is 11.4 Å². The van der Waals surface area contributed by atoms with Gasteiger partial charge in [0, 0.05) is 10.9 Å². The second kappa shape index (κ2) is 6.38. The molecule has 0 unspecified atom stereocenters. The molecule has 1 aliphatic heterocycles. The van der Waals surface area contributed by atoms with Gasteiger partial charge in [-0.1, -0.05) is 25.1 Å². The summed E-state index contributed by atoms with van der Waals surface area (Å²) in [6, 6.07) is 11.6. The topological polar surface area (TPSA) is 81.4 Å². The van der Waals surface area contributed by atoms with Gasteiger partial charge < -0.3 is 14.4 Å². The molecule has 0 bridgehead atoms. The normalized spacial score (nSPS) is 13.3. The zero-order valence-electron chi connectivity index (χ0n) is 14.3. The minimum absolute atomic E-state index is 0.152. The first-order valence-electron chi connectivity index (χ1n) is 8.53. The number of aliphatic hydroxyl groups is 1. The Morgan fingerprint density at radius 3 is 2.92 bits per heavy atom. The average molecular weight is 350 g/mol. The first-order chi connectivity index (χ1) is 12.6. The van der Waals surface area contributed by atoms with Crippen molar-refractivity contribution in [3.05, 3.63) is 63.4 Å². The molecule has 0 spiro atoms. The van der Waals surface area contributed by atoms with Crippen molar-refractivity contribution in [2.45, 2.75) is 32.6 Å². The Kier molecular flexibility index (Phi) is 4.05. The Hall–Kier alpha value is -2.99. The molecule has 3 heterocycles. The van der Waals surface area contributed by atoms with E-state index in [9.17, 15) is 14.7 Å². The Bertz CT molecular complexity index is 1070. The summed E-state index contributed by atoms with van der Waals surface area (Å²) in [5.74, 6) is 0. The summed E-state index contributed by atoms with van der Waals surface area (Å²) in [5, 5.41) is 11.4. The van der Waals surface area contributed by atoms with Gasteiger partial charge in [0.05, 0.1) is 35.1 Å². The summed E-state index contributed by atoms with van der Waals surface area (Å²) in [4.78, 5) is 28.3. The quantitative estimate of drug-likeness (QED) is 0.560. The molecule has 26 heavy (non-hydrogen) atoms. The van der Waals surface area contributed by atoms with Crippen molar-refractivity contribution in [3.63, 3.8) is 0 Å². The van der Waals surface area contributed by atoms with Crippen LogP contribution in [0.15, 0.2) is 41.2 Å². The van der Waals surface area contributed by atoms with Crippen LogP contribution in [0.5, 0.6) is 0 Å². The number of aliphatic hydroxyl groups excluding tert-OH is 1. The van der Waals surface area contributed by atoms with Gasteiger partial charge in [0.25, 0.3) is 12.0 Å². The third-order valence-electron chi connectivity index (χ3n) is 4.85. The van der Waals surface area contributed by atoms with Crippen molar-refractivity contribution in [1.82, 2.24) is 9.55 Å². The first kappa shape index (κ1) is 16.5. The molecule has 6 heteroatoms. The second-order valence-electron chi connectivity index (χ2n) is 6.37. The maximum atomic E-state index is 13.0. The molecule has 1 aromatic carbocycles. The van der Waals surface area contributed by atoms with E-state index in [4.69, 9.17) is 9.72 Å². The monoisotopic (exact) mass is 350 g/mol. The van der Waals surface area contributed by atoms with Gasteiger partial charge in [-0.2, -0.15) is 0 Å². The highest BCUT2D eigenvalue weighted by molar-refractivity contribution is 5.83. The molecule has 0 saturated heterocycles. The molecule has 1 aliphatic rings. The number of nitrogens with zero attached hydrogens (tertiary/aromatic N) is 2. The van der Waals surface area contributed by atoms with E-state index in [1.807, 2.05) is 37.3 Å². The van der Waals surface area contributed by atoms with E-state index >= 15 is 0 Å². The van der Waals surface area contributed by atoms with E-state index in [0.29, 0.717) is 36.3 Å². The van der Waals surface area contributed by atoms with Gasteiger partial charge >= 0.3 is 0 Å². The number of para-hydroxylation sites is 1. The molecule has 132 valence electrons. The van der Waals surface area contributed by atoms with Crippen LogP contribution in [-0.2, 0) is 22.7 Å². The molecule has 1 atom stereocenters. The van der Waals surface area contributed by atoms with E-state index in [0.717, 1.165) is 22.2 Å². The Balaban J connectivity index is 1.94. The van der Waals surface area contributed by atoms with E-state index in [2.05, 4.69) is 0 Å². The lowest BCUT2D eigenvalue weighted by Gasteiger charge is -2.16. The molecule has 0 saturated carbocycles. The van der Waals surface area contributed by atoms with Gasteiger partial charge in [0.1, 0.15) is 6.61 Å². The van der Waals surface area contributed by atoms with Crippen molar-refractivity contribution < 1.29 is 14.6 Å². The summed E-state index contributed by atoms with van der Waals surface area (Å²) in [6.45, 7) is 2.40. The molecular formula is C20H18N2O4. The van der Waals surface area contributed by atoms with Crippen LogP contribution < -0.4 is 5.56 Å². The fraction of sp³-hybridized carbons (Fsp3) is 0.250. The summed E-state index contributed by atoms with van der Waals surface area (Å²) in [5.41, 5.74) is 3.82. The number of carbonyl (C=O) groups excluding carboxylic acids is 1. The maximum Gasteiger partial charge on any atom is 0.293 e. The number of hydrogen-bond acceptors (Lipinski definition) is 5. The van der Waals surface area contributed by atoms with Crippen molar-refractivity contribution in [1.29, 1.82) is 0 Å². The highest BCUT2D eigenvalue weighted by atomic mass is 16.5. The predicted molar refractivity (Wildman–Crippen MR) is 96.6 cm³/mol. The Morgan fingerprint density at radius 2 is 2.15 bits per heavy atom. The largest absolute Gasteiger partial charge is 0.463 e. The smallest absolute Gasteiger partial charge is 0.293 e. The number of pyridine rings is 2. The fourth-order valence-corrected chi connectivity index (χ4v) is 3.51. The van der Waals surface area contributed by atoms with Gasteiger partial charge in [-0.05, 0) is 30.2 Å². The molecule has 6 nitrogen and oxygen atoms in total. The SMILES string of the molecule is CC[C@H](O)c1cc2n(c(=O)c1COC=O)Cc1cc3ccccc3nc1-2. The van der Waals surface area contributed by atoms with Gasteiger partial charge in [-0.25, -0.2) is 4.98 Å². The van der Waals surface area contributed by atoms with Gasteiger partial charge in [-0.3, -0.25) is 9.59 Å². The van der Waals surface area contributed by atoms with E-state index in [1.54, 1.807) is 10.6 Å². The first-order valence-corrected chi connectivity index (χ1v) is 8.53. The van der Waals surface area contributed by atoms with Crippen LogP contribution in [0.4, 0.5) is 0 Å². The van der Waals surface area contributed by atoms with Crippen LogP contribution in [0.1, 0.15) is 36.1 Å². The number of fused-ring (bicyclic) bond motifs is 4. The van der Waals surface area contributed by atoms with Crippen molar-refractivity contribution >= 4 is 17.4 Å². The standard InChI is InChI=1S/C20H18N2O4/c1-2-18(24)14-8-17-19-13(7-12-5-3-4-6-16(12)21-19)9-22(17)20(25)15(14)10-26-11-23/h3-8,11,18,24H,2,9-10H2,1H3/t18-/m0/s1. The van der Waals surface area contributed by atoms with Crippen LogP contribution in [0.25, 0.3) is 22.3 Å². The van der Waals surface area contributed by atoms with Gasteiger partial charge in [-0.15, -0.1) is 0 Å². The molecule has 1 N–H and O–H groups in total. The molecule has 3 aromatic rings. The number of rotatable bonds is 5. The second-order valence-corrected chi connectivity index (χ2v) is 6.37. The van der Waals surface area contributed by atoms with E-state index < -0.39 is 6.10 Å². The highest BCUT2D eigenvalue weighted by Gasteiger charge is 2.26. The van der Waals surface area contributed by atoms with Crippen molar-refractivity contribution in [2.24, 2.45) is 0 Å². The predicted octanol–water partition coefficient (Wildman–Crippen LogP) is 2.54. The molecule has 0 radical (unpaired) electrons. The summed E-state index contributed by atoms with van der Waals surface area (Å²) >= 11 is 0. The number of aromatic nitrogens is 2. The van der Waals surface area contributed by atoms with Crippen LogP contribution in [0.2, 0.25) is 0 Å². The van der Waals surface area contributed by atoms with Crippen LogP contribution in [0, 0.1) is 0 Å². The number of hydrogen-bond donors (Lipinski definition) is 1. The Morgan fingerprint density at radius 1 is 1.35 bits per heavy atom. The lowest BCUT2D eigenvalue weighted by Crippen LogP contribution is -2.26. The van der Waals surface area contributed by atoms with Crippen LogP contribution in [0.3, 0.4) is 0 Å². The maximum absolute atomic E-state index is 13.0. The summed E-state index contributed by atoms with van der Waals surface area (Å²) in [7, 11) is 0. The lowest BCUT2D eigenvalue weighted by atomic mass is 10.0.